The quantitative estimate of drug-likeness (QED) is 0.0912. The summed E-state index contributed by atoms with van der Waals surface area (Å²) in [5.41, 5.74) is 2.11. The largest absolute Gasteiger partial charge is 0.391 e. The van der Waals surface area contributed by atoms with Gasteiger partial charge in [0.15, 0.2) is 0 Å². The molecule has 3 rings (SSSR count). The molecule has 0 spiro atoms. The second-order valence-corrected chi connectivity index (χ2v) is 12.0. The minimum Gasteiger partial charge on any atom is -0.391 e. The van der Waals surface area contributed by atoms with Gasteiger partial charge in [-0.1, -0.05) is 181 Å². The smallest absolute Gasteiger partial charge is 0.217 e. The van der Waals surface area contributed by atoms with Gasteiger partial charge in [-0.2, -0.15) is 0 Å². The highest BCUT2D eigenvalue weighted by Gasteiger charge is 2.38. The molecule has 0 heterocycles. The number of aliphatic hydroxyl groups excluding tert-OH is 1. The molecular weight excluding hydrogens is 530 g/mol. The van der Waals surface area contributed by atoms with E-state index in [2.05, 4.69) is 48.6 Å². The van der Waals surface area contributed by atoms with Crippen molar-refractivity contribution in [1.82, 2.24) is 5.32 Å². The Labute approximate surface area is 261 Å². The highest BCUT2D eigenvalue weighted by molar-refractivity contribution is 5.73. The maximum Gasteiger partial charge on any atom is 0.217 e. The number of ether oxygens (including phenoxy) is 1. The standard InChI is InChI=1S/C39H55NO3/c1-3-4-5-6-7-8-9-10-11-12-13-14-24-31-38(42)37(40-33(2)41)32-43-39(34-25-18-15-19-26-34,35-27-20-16-21-28-35)36-29-22-17-23-30-36/h15-23,25-30,37-38,42H,3-14,24,31-32H2,1-2H3,(H,40,41)/t37-,38+/m0/s1. The Morgan fingerprint density at radius 3 is 1.40 bits per heavy atom. The summed E-state index contributed by atoms with van der Waals surface area (Å²) in [5, 5.41) is 14.2. The van der Waals surface area contributed by atoms with Gasteiger partial charge in [-0.3, -0.25) is 4.79 Å². The lowest BCUT2D eigenvalue weighted by molar-refractivity contribution is -0.122. The van der Waals surface area contributed by atoms with Crippen LogP contribution in [0.2, 0.25) is 0 Å². The van der Waals surface area contributed by atoms with Crippen molar-refractivity contribution >= 4 is 5.91 Å². The Bertz CT molecular complexity index is 1020. The predicted octanol–water partition coefficient (Wildman–Crippen LogP) is 9.34. The number of hydrogen-bond donors (Lipinski definition) is 2. The van der Waals surface area contributed by atoms with Crippen molar-refractivity contribution in [3.8, 4) is 0 Å². The Morgan fingerprint density at radius 2 is 1.02 bits per heavy atom. The van der Waals surface area contributed by atoms with Gasteiger partial charge in [-0.15, -0.1) is 0 Å². The molecule has 4 nitrogen and oxygen atoms in total. The van der Waals surface area contributed by atoms with Crippen LogP contribution >= 0.6 is 0 Å². The molecule has 0 unspecified atom stereocenters. The first-order valence-electron chi connectivity index (χ1n) is 16.8. The van der Waals surface area contributed by atoms with Gasteiger partial charge in [0.1, 0.15) is 5.60 Å². The van der Waals surface area contributed by atoms with Gasteiger partial charge in [-0.05, 0) is 23.1 Å². The fraction of sp³-hybridized carbons (Fsp3) is 0.513. The summed E-state index contributed by atoms with van der Waals surface area (Å²) >= 11 is 0. The monoisotopic (exact) mass is 585 g/mol. The first kappa shape index (κ1) is 34.5. The number of amides is 1. The van der Waals surface area contributed by atoms with E-state index in [0.29, 0.717) is 6.42 Å². The molecule has 0 radical (unpaired) electrons. The summed E-state index contributed by atoms with van der Waals surface area (Å²) in [5.74, 6) is -0.164. The van der Waals surface area contributed by atoms with Gasteiger partial charge in [0.25, 0.3) is 0 Å². The SMILES string of the molecule is CCCCCCCCCCCCCCC[C@@H](O)[C@H](COC(c1ccccc1)(c1ccccc1)c1ccccc1)NC(C)=O. The zero-order valence-corrected chi connectivity index (χ0v) is 26.7. The summed E-state index contributed by atoms with van der Waals surface area (Å²) in [6, 6.07) is 30.1. The van der Waals surface area contributed by atoms with E-state index in [-0.39, 0.29) is 12.5 Å². The molecule has 1 amide bonds. The van der Waals surface area contributed by atoms with Gasteiger partial charge in [-0.25, -0.2) is 0 Å². The van der Waals surface area contributed by atoms with Crippen molar-refractivity contribution in [3.05, 3.63) is 108 Å². The molecule has 0 saturated carbocycles. The molecule has 0 saturated heterocycles. The topological polar surface area (TPSA) is 58.6 Å². The molecule has 0 aromatic heterocycles. The Balaban J connectivity index is 1.58. The zero-order chi connectivity index (χ0) is 30.6. The fourth-order valence-electron chi connectivity index (χ4n) is 6.07. The lowest BCUT2D eigenvalue weighted by Gasteiger charge is -2.38. The number of carbonyl (C=O) groups is 1. The van der Waals surface area contributed by atoms with Crippen LogP contribution in [0, 0.1) is 0 Å². The molecule has 2 N–H and O–H groups in total. The van der Waals surface area contributed by atoms with Crippen LogP contribution in [0.3, 0.4) is 0 Å². The average Bonchev–Trinajstić information content (AvgIpc) is 3.04. The van der Waals surface area contributed by atoms with Gasteiger partial charge < -0.3 is 15.2 Å². The van der Waals surface area contributed by atoms with Gasteiger partial charge in [0.2, 0.25) is 5.91 Å². The van der Waals surface area contributed by atoms with Crippen molar-refractivity contribution in [1.29, 1.82) is 0 Å². The molecule has 0 aliphatic rings. The molecule has 4 heteroatoms. The van der Waals surface area contributed by atoms with Gasteiger partial charge >= 0.3 is 0 Å². The molecule has 0 aliphatic heterocycles. The maximum absolute atomic E-state index is 12.2. The Kier molecular flexibility index (Phi) is 16.1. The fourth-order valence-corrected chi connectivity index (χ4v) is 6.07. The lowest BCUT2D eigenvalue weighted by Crippen LogP contribution is -2.48. The first-order chi connectivity index (χ1) is 21.1. The molecule has 3 aromatic rings. The van der Waals surface area contributed by atoms with Crippen LogP contribution in [0.1, 0.15) is 120 Å². The van der Waals surface area contributed by atoms with Crippen molar-refractivity contribution in [2.24, 2.45) is 0 Å². The molecule has 0 aliphatic carbocycles. The van der Waals surface area contributed by atoms with Crippen molar-refractivity contribution in [2.75, 3.05) is 6.61 Å². The second-order valence-electron chi connectivity index (χ2n) is 12.0. The van der Waals surface area contributed by atoms with Crippen molar-refractivity contribution in [2.45, 2.75) is 121 Å². The van der Waals surface area contributed by atoms with E-state index < -0.39 is 17.7 Å². The lowest BCUT2D eigenvalue weighted by atomic mass is 9.80. The number of hydrogen-bond acceptors (Lipinski definition) is 3. The normalized spacial score (nSPS) is 13.0. The van der Waals surface area contributed by atoms with Gasteiger partial charge in [0.05, 0.1) is 18.8 Å². The number of benzene rings is 3. The minimum absolute atomic E-state index is 0.164. The van der Waals surface area contributed by atoms with Crippen LogP contribution in [-0.4, -0.2) is 29.8 Å². The van der Waals surface area contributed by atoms with Crippen LogP contribution in [-0.2, 0) is 15.1 Å². The van der Waals surface area contributed by atoms with E-state index >= 15 is 0 Å². The number of carbonyl (C=O) groups excluding carboxylic acids is 1. The van der Waals surface area contributed by atoms with Crippen molar-refractivity contribution in [3.63, 3.8) is 0 Å². The summed E-state index contributed by atoms with van der Waals surface area (Å²) in [4.78, 5) is 12.2. The maximum atomic E-state index is 12.2. The molecule has 0 bridgehead atoms. The Hall–Kier alpha value is -2.95. The number of aliphatic hydroxyl groups is 1. The number of rotatable bonds is 22. The van der Waals surface area contributed by atoms with Crippen LogP contribution in [0.4, 0.5) is 0 Å². The number of unbranched alkanes of at least 4 members (excludes halogenated alkanes) is 12. The van der Waals surface area contributed by atoms with E-state index in [1.165, 1.54) is 77.6 Å². The minimum atomic E-state index is -0.893. The third-order valence-electron chi connectivity index (χ3n) is 8.48. The van der Waals surface area contributed by atoms with E-state index in [9.17, 15) is 9.90 Å². The summed E-state index contributed by atoms with van der Waals surface area (Å²) in [7, 11) is 0. The Morgan fingerprint density at radius 1 is 0.651 bits per heavy atom. The second kappa shape index (κ2) is 20.1. The molecule has 0 fully saturated rings. The zero-order valence-electron chi connectivity index (χ0n) is 26.7. The predicted molar refractivity (Wildman–Crippen MR) is 179 cm³/mol. The third kappa shape index (κ3) is 11.6. The molecule has 43 heavy (non-hydrogen) atoms. The molecule has 3 aromatic carbocycles. The van der Waals surface area contributed by atoms with Crippen LogP contribution in [0.25, 0.3) is 0 Å². The van der Waals surface area contributed by atoms with Crippen molar-refractivity contribution < 1.29 is 14.6 Å². The highest BCUT2D eigenvalue weighted by atomic mass is 16.5. The average molecular weight is 586 g/mol. The van der Waals surface area contributed by atoms with Crippen LogP contribution < -0.4 is 5.32 Å². The summed E-state index contributed by atoms with van der Waals surface area (Å²) < 4.78 is 6.92. The third-order valence-corrected chi connectivity index (χ3v) is 8.48. The molecular formula is C39H55NO3. The summed E-state index contributed by atoms with van der Waals surface area (Å²) in [6.07, 6.45) is 16.7. The van der Waals surface area contributed by atoms with E-state index in [1.54, 1.807) is 0 Å². The first-order valence-corrected chi connectivity index (χ1v) is 16.8. The van der Waals surface area contributed by atoms with Crippen LogP contribution in [0.15, 0.2) is 91.0 Å². The molecule has 2 atom stereocenters. The summed E-state index contributed by atoms with van der Waals surface area (Å²) in [6.45, 7) is 3.95. The van der Waals surface area contributed by atoms with Gasteiger partial charge in [0, 0.05) is 6.92 Å². The van der Waals surface area contributed by atoms with E-state index in [1.807, 2.05) is 54.6 Å². The molecule has 234 valence electrons. The van der Waals surface area contributed by atoms with E-state index in [0.717, 1.165) is 29.5 Å². The van der Waals surface area contributed by atoms with E-state index in [4.69, 9.17) is 4.74 Å². The number of nitrogens with one attached hydrogen (secondary N) is 1. The van der Waals surface area contributed by atoms with Crippen LogP contribution in [0.5, 0.6) is 0 Å². The highest BCUT2D eigenvalue weighted by Crippen LogP contribution is 2.40.